The number of aliphatic carboxylic acids is 1. The predicted molar refractivity (Wildman–Crippen MR) is 82.1 cm³/mol. The lowest BCUT2D eigenvalue weighted by atomic mass is 9.97. The normalized spacial score (nSPS) is 12.2. The van der Waals surface area contributed by atoms with Crippen LogP contribution in [0.4, 0.5) is 0 Å². The van der Waals surface area contributed by atoms with Gasteiger partial charge in [0.05, 0.1) is 5.92 Å². The van der Waals surface area contributed by atoms with Gasteiger partial charge in [-0.2, -0.15) is 0 Å². The molecule has 0 radical (unpaired) electrons. The maximum Gasteiger partial charge on any atom is 0.308 e. The molecule has 1 aromatic carbocycles. The lowest BCUT2D eigenvalue weighted by Crippen LogP contribution is -2.33. The summed E-state index contributed by atoms with van der Waals surface area (Å²) in [5.41, 5.74) is 0.556. The molecule has 1 atom stereocenters. The second-order valence-electron chi connectivity index (χ2n) is 4.89. The Kier molecular flexibility index (Phi) is 6.27. The molecule has 0 fully saturated rings. The molecule has 1 rings (SSSR count). The van der Waals surface area contributed by atoms with Gasteiger partial charge in [-0.25, -0.2) is 0 Å². The molecule has 0 spiro atoms. The summed E-state index contributed by atoms with van der Waals surface area (Å²) in [6.07, 6.45) is 0.557. The fraction of sp³-hybridized carbons (Fsp3) is 0.429. The minimum atomic E-state index is -0.864. The molecule has 0 heterocycles. The van der Waals surface area contributed by atoms with E-state index in [0.717, 1.165) is 3.57 Å². The van der Waals surface area contributed by atoms with Crippen molar-refractivity contribution >= 4 is 34.5 Å². The van der Waals surface area contributed by atoms with Gasteiger partial charge in [0.25, 0.3) is 5.91 Å². The zero-order valence-corrected chi connectivity index (χ0v) is 13.2. The van der Waals surface area contributed by atoms with Crippen LogP contribution in [0.2, 0.25) is 0 Å². The van der Waals surface area contributed by atoms with Crippen LogP contribution < -0.4 is 5.32 Å². The first-order valence-corrected chi connectivity index (χ1v) is 7.24. The molecule has 104 valence electrons. The van der Waals surface area contributed by atoms with Crippen LogP contribution in [0.1, 0.15) is 30.6 Å². The van der Waals surface area contributed by atoms with Crippen LogP contribution in [0.5, 0.6) is 0 Å². The summed E-state index contributed by atoms with van der Waals surface area (Å²) >= 11 is 2.13. The van der Waals surface area contributed by atoms with Gasteiger partial charge in [-0.15, -0.1) is 0 Å². The number of hydrogen-bond donors (Lipinski definition) is 2. The molecule has 0 bridgehead atoms. The molecule has 1 unspecified atom stereocenters. The van der Waals surface area contributed by atoms with Crippen molar-refractivity contribution in [3.05, 3.63) is 33.4 Å². The number of carbonyl (C=O) groups excluding carboxylic acids is 1. The van der Waals surface area contributed by atoms with Gasteiger partial charge < -0.3 is 10.4 Å². The monoisotopic (exact) mass is 375 g/mol. The predicted octanol–water partition coefficient (Wildman–Crippen LogP) is 2.77. The van der Waals surface area contributed by atoms with Gasteiger partial charge >= 0.3 is 5.97 Å². The van der Waals surface area contributed by atoms with Gasteiger partial charge in [0.1, 0.15) is 0 Å². The summed E-state index contributed by atoms with van der Waals surface area (Å²) in [5.74, 6) is -1.34. The van der Waals surface area contributed by atoms with Gasteiger partial charge in [-0.1, -0.05) is 19.9 Å². The summed E-state index contributed by atoms with van der Waals surface area (Å²) < 4.78 is 0.974. The Morgan fingerprint density at radius 2 is 2.05 bits per heavy atom. The number of nitrogens with one attached hydrogen (secondary N) is 1. The van der Waals surface area contributed by atoms with Crippen molar-refractivity contribution in [3.8, 4) is 0 Å². The van der Waals surface area contributed by atoms with Gasteiger partial charge in [0.15, 0.2) is 0 Å². The summed E-state index contributed by atoms with van der Waals surface area (Å²) in [4.78, 5) is 23.0. The topological polar surface area (TPSA) is 66.4 Å². The molecular weight excluding hydrogens is 357 g/mol. The molecule has 1 aromatic rings. The van der Waals surface area contributed by atoms with Gasteiger partial charge in [-0.3, -0.25) is 9.59 Å². The van der Waals surface area contributed by atoms with Crippen molar-refractivity contribution in [1.82, 2.24) is 5.32 Å². The van der Waals surface area contributed by atoms with E-state index in [2.05, 4.69) is 27.9 Å². The molecule has 19 heavy (non-hydrogen) atoms. The zero-order chi connectivity index (χ0) is 14.4. The highest BCUT2D eigenvalue weighted by Crippen LogP contribution is 2.12. The molecule has 0 saturated carbocycles. The standard InChI is InChI=1S/C14H18INO3/c1-9(2)6-11(14(18)19)8-16-13(17)10-4-3-5-12(15)7-10/h3-5,7,9,11H,6,8H2,1-2H3,(H,16,17)(H,18,19). The second kappa shape index (κ2) is 7.47. The number of carbonyl (C=O) groups is 2. The highest BCUT2D eigenvalue weighted by atomic mass is 127. The maximum absolute atomic E-state index is 11.9. The number of amides is 1. The van der Waals surface area contributed by atoms with Crippen LogP contribution in [0, 0.1) is 15.4 Å². The van der Waals surface area contributed by atoms with E-state index in [1.807, 2.05) is 19.9 Å². The Labute approximate surface area is 126 Å². The van der Waals surface area contributed by atoms with Crippen LogP contribution in [0.25, 0.3) is 0 Å². The lowest BCUT2D eigenvalue weighted by molar-refractivity contribution is -0.142. The summed E-state index contributed by atoms with van der Waals surface area (Å²) in [6.45, 7) is 4.10. The fourth-order valence-electron chi connectivity index (χ4n) is 1.79. The van der Waals surface area contributed by atoms with Crippen LogP contribution >= 0.6 is 22.6 Å². The molecule has 0 aliphatic rings. The number of halogens is 1. The number of carboxylic acid groups (broad SMARTS) is 1. The van der Waals surface area contributed by atoms with Crippen LogP contribution in [-0.4, -0.2) is 23.5 Å². The van der Waals surface area contributed by atoms with Gasteiger partial charge in [-0.05, 0) is 53.1 Å². The van der Waals surface area contributed by atoms with E-state index < -0.39 is 11.9 Å². The molecule has 0 aromatic heterocycles. The van der Waals surface area contributed by atoms with Crippen LogP contribution in [0.15, 0.2) is 24.3 Å². The van der Waals surface area contributed by atoms with E-state index in [0.29, 0.717) is 12.0 Å². The van der Waals surface area contributed by atoms with E-state index in [-0.39, 0.29) is 18.4 Å². The summed E-state index contributed by atoms with van der Waals surface area (Å²) in [7, 11) is 0. The first-order valence-electron chi connectivity index (χ1n) is 6.16. The highest BCUT2D eigenvalue weighted by Gasteiger charge is 2.19. The Hall–Kier alpha value is -1.11. The first kappa shape index (κ1) is 15.9. The third kappa shape index (κ3) is 5.59. The molecule has 0 aliphatic carbocycles. The highest BCUT2D eigenvalue weighted by molar-refractivity contribution is 14.1. The Balaban J connectivity index is 2.59. The van der Waals surface area contributed by atoms with E-state index >= 15 is 0 Å². The van der Waals surface area contributed by atoms with Crippen molar-refractivity contribution in [2.45, 2.75) is 20.3 Å². The van der Waals surface area contributed by atoms with E-state index in [9.17, 15) is 9.59 Å². The van der Waals surface area contributed by atoms with Crippen LogP contribution in [-0.2, 0) is 4.79 Å². The number of rotatable bonds is 6. The third-order valence-electron chi connectivity index (χ3n) is 2.70. The van der Waals surface area contributed by atoms with Crippen molar-refractivity contribution in [3.63, 3.8) is 0 Å². The minimum absolute atomic E-state index is 0.165. The Morgan fingerprint density at radius 1 is 1.37 bits per heavy atom. The quantitative estimate of drug-likeness (QED) is 0.752. The molecule has 1 amide bonds. The Bertz CT molecular complexity index is 460. The molecule has 0 saturated heterocycles. The molecular formula is C14H18INO3. The number of carboxylic acids is 1. The molecule has 4 nitrogen and oxygen atoms in total. The molecule has 5 heteroatoms. The van der Waals surface area contributed by atoms with Crippen molar-refractivity contribution in [1.29, 1.82) is 0 Å². The van der Waals surface area contributed by atoms with Crippen molar-refractivity contribution in [2.75, 3.05) is 6.54 Å². The van der Waals surface area contributed by atoms with E-state index in [1.165, 1.54) is 0 Å². The average Bonchev–Trinajstić information content (AvgIpc) is 2.33. The first-order chi connectivity index (χ1) is 8.90. The van der Waals surface area contributed by atoms with Gasteiger partial charge in [0, 0.05) is 15.7 Å². The maximum atomic E-state index is 11.9. The number of hydrogen-bond acceptors (Lipinski definition) is 2. The molecule has 2 N–H and O–H groups in total. The third-order valence-corrected chi connectivity index (χ3v) is 3.37. The summed E-state index contributed by atoms with van der Waals surface area (Å²) in [6, 6.07) is 7.19. The van der Waals surface area contributed by atoms with Crippen molar-refractivity contribution < 1.29 is 14.7 Å². The fourth-order valence-corrected chi connectivity index (χ4v) is 2.33. The number of benzene rings is 1. The second-order valence-corrected chi connectivity index (χ2v) is 6.13. The molecule has 0 aliphatic heterocycles. The van der Waals surface area contributed by atoms with Crippen LogP contribution in [0.3, 0.4) is 0 Å². The van der Waals surface area contributed by atoms with E-state index in [4.69, 9.17) is 5.11 Å². The Morgan fingerprint density at radius 3 is 2.58 bits per heavy atom. The van der Waals surface area contributed by atoms with E-state index in [1.54, 1.807) is 18.2 Å². The largest absolute Gasteiger partial charge is 0.481 e. The summed E-state index contributed by atoms with van der Waals surface area (Å²) in [5, 5.41) is 11.8. The minimum Gasteiger partial charge on any atom is -0.481 e. The average molecular weight is 375 g/mol. The smallest absolute Gasteiger partial charge is 0.308 e. The lowest BCUT2D eigenvalue weighted by Gasteiger charge is -2.15. The van der Waals surface area contributed by atoms with Crippen molar-refractivity contribution in [2.24, 2.45) is 11.8 Å². The SMILES string of the molecule is CC(C)CC(CNC(=O)c1cccc(I)c1)C(=O)O. The zero-order valence-electron chi connectivity index (χ0n) is 11.0. The van der Waals surface area contributed by atoms with Gasteiger partial charge in [0.2, 0.25) is 0 Å².